The Hall–Kier alpha value is -4.48. The Morgan fingerprint density at radius 1 is 1.00 bits per heavy atom. The molecule has 0 unspecified atom stereocenters. The molecule has 0 aromatic heterocycles. The highest BCUT2D eigenvalue weighted by Gasteiger charge is 2.35. The molecule has 0 saturated heterocycles. The van der Waals surface area contributed by atoms with Crippen molar-refractivity contribution in [1.29, 1.82) is 5.26 Å². The Kier molecular flexibility index (Phi) is 9.31. The summed E-state index contributed by atoms with van der Waals surface area (Å²) in [5.41, 5.74) is 5.65. The lowest BCUT2D eigenvalue weighted by molar-refractivity contribution is -0.114. The average molecular weight is 553 g/mol. The summed E-state index contributed by atoms with van der Waals surface area (Å²) in [5.74, 6) is -0.321. The first kappa shape index (κ1) is 28.5. The molecule has 8 heteroatoms. The minimum Gasteiger partial charge on any atom is -0.494 e. The summed E-state index contributed by atoms with van der Waals surface area (Å²) in [4.78, 5) is 26.5. The van der Waals surface area contributed by atoms with Gasteiger partial charge in [-0.1, -0.05) is 54.2 Å². The predicted molar refractivity (Wildman–Crippen MR) is 161 cm³/mol. The lowest BCUT2D eigenvalue weighted by atomic mass is 9.82. The number of aryl methyl sites for hydroxylation is 2. The quantitative estimate of drug-likeness (QED) is 0.284. The van der Waals surface area contributed by atoms with Crippen molar-refractivity contribution in [3.8, 4) is 11.8 Å². The minimum atomic E-state index is -0.629. The summed E-state index contributed by atoms with van der Waals surface area (Å²) in [6.07, 6.45) is 0. The molecule has 2 amide bonds. The number of hydrogen-bond donors (Lipinski definition) is 3. The molecule has 7 nitrogen and oxygen atoms in total. The van der Waals surface area contributed by atoms with Crippen molar-refractivity contribution in [2.24, 2.45) is 0 Å². The van der Waals surface area contributed by atoms with E-state index in [1.807, 2.05) is 100 Å². The van der Waals surface area contributed by atoms with Crippen molar-refractivity contribution in [3.05, 3.63) is 111 Å². The first-order chi connectivity index (χ1) is 19.3. The van der Waals surface area contributed by atoms with E-state index in [1.54, 1.807) is 0 Å². The third kappa shape index (κ3) is 6.74. The highest BCUT2D eigenvalue weighted by atomic mass is 32.2. The lowest BCUT2D eigenvalue weighted by Gasteiger charge is -2.30. The molecule has 204 valence electrons. The molecule has 3 aromatic rings. The van der Waals surface area contributed by atoms with Crippen molar-refractivity contribution in [2.45, 2.75) is 33.6 Å². The molecule has 0 fully saturated rings. The van der Waals surface area contributed by atoms with E-state index in [2.05, 4.69) is 22.0 Å². The fourth-order valence-electron chi connectivity index (χ4n) is 4.50. The monoisotopic (exact) mass is 552 g/mol. The van der Waals surface area contributed by atoms with E-state index in [0.717, 1.165) is 22.4 Å². The summed E-state index contributed by atoms with van der Waals surface area (Å²) in [6.45, 7) is 8.17. The first-order valence-electron chi connectivity index (χ1n) is 13.0. The zero-order valence-electron chi connectivity index (χ0n) is 23.0. The van der Waals surface area contributed by atoms with Crippen LogP contribution in [0.25, 0.3) is 0 Å². The summed E-state index contributed by atoms with van der Waals surface area (Å²) in [6, 6.07) is 24.8. The van der Waals surface area contributed by atoms with Gasteiger partial charge >= 0.3 is 0 Å². The van der Waals surface area contributed by atoms with Crippen LogP contribution < -0.4 is 20.7 Å². The van der Waals surface area contributed by atoms with E-state index in [1.165, 1.54) is 11.8 Å². The number of carbonyl (C=O) groups excluding carboxylic acids is 2. The van der Waals surface area contributed by atoms with E-state index in [-0.39, 0.29) is 17.6 Å². The number of dihydropyridines is 1. The van der Waals surface area contributed by atoms with Gasteiger partial charge in [0.15, 0.2) is 0 Å². The molecule has 1 heterocycles. The second kappa shape index (κ2) is 13.0. The number of carbonyl (C=O) groups is 2. The van der Waals surface area contributed by atoms with Crippen LogP contribution in [0, 0.1) is 25.2 Å². The van der Waals surface area contributed by atoms with Gasteiger partial charge in [-0.3, -0.25) is 9.59 Å². The fourth-order valence-corrected chi connectivity index (χ4v) is 5.39. The Morgan fingerprint density at radius 2 is 1.73 bits per heavy atom. The maximum absolute atomic E-state index is 13.6. The SMILES string of the molecule is CCOc1ccc([C@@H]2C(C#N)=C(SCC(=O)Nc3cc(C)ccc3C)NC(C)=C2C(=O)Nc2ccccc2)cc1. The molecule has 40 heavy (non-hydrogen) atoms. The third-order valence-electron chi connectivity index (χ3n) is 6.46. The van der Waals surface area contributed by atoms with Gasteiger partial charge in [0.05, 0.1) is 34.9 Å². The first-order valence-corrected chi connectivity index (χ1v) is 14.0. The number of hydrogen-bond acceptors (Lipinski definition) is 6. The Morgan fingerprint density at radius 3 is 2.40 bits per heavy atom. The Balaban J connectivity index is 1.64. The normalized spacial score (nSPS) is 14.7. The zero-order chi connectivity index (χ0) is 28.6. The van der Waals surface area contributed by atoms with Crippen LogP contribution in [-0.2, 0) is 9.59 Å². The molecule has 1 aliphatic rings. The second-order valence-electron chi connectivity index (χ2n) is 9.43. The minimum absolute atomic E-state index is 0.0930. The number of ether oxygens (including phenoxy) is 1. The maximum atomic E-state index is 13.6. The van der Waals surface area contributed by atoms with E-state index >= 15 is 0 Å². The van der Waals surface area contributed by atoms with Crippen LogP contribution in [0.2, 0.25) is 0 Å². The predicted octanol–water partition coefficient (Wildman–Crippen LogP) is 6.41. The molecule has 0 aliphatic carbocycles. The molecule has 0 saturated carbocycles. The molecular weight excluding hydrogens is 520 g/mol. The summed E-state index contributed by atoms with van der Waals surface area (Å²) in [7, 11) is 0. The van der Waals surface area contributed by atoms with Crippen molar-refractivity contribution < 1.29 is 14.3 Å². The van der Waals surface area contributed by atoms with Gasteiger partial charge in [0.1, 0.15) is 5.75 Å². The molecule has 0 radical (unpaired) electrons. The summed E-state index contributed by atoms with van der Waals surface area (Å²) >= 11 is 1.24. The van der Waals surface area contributed by atoms with E-state index in [0.29, 0.717) is 39.9 Å². The molecule has 3 N–H and O–H groups in total. The van der Waals surface area contributed by atoms with Crippen LogP contribution in [0.4, 0.5) is 11.4 Å². The Bertz CT molecular complexity index is 1510. The number of nitrogens with one attached hydrogen (secondary N) is 3. The summed E-state index contributed by atoms with van der Waals surface area (Å²) in [5, 5.41) is 20.0. The molecule has 3 aromatic carbocycles. The number of para-hydroxylation sites is 1. The van der Waals surface area contributed by atoms with Gasteiger partial charge < -0.3 is 20.7 Å². The number of anilines is 2. The van der Waals surface area contributed by atoms with Crippen LogP contribution in [0.1, 0.15) is 36.5 Å². The molecule has 1 aliphatic heterocycles. The van der Waals surface area contributed by atoms with Gasteiger partial charge in [0.25, 0.3) is 5.91 Å². The summed E-state index contributed by atoms with van der Waals surface area (Å²) < 4.78 is 5.60. The molecule has 4 rings (SSSR count). The van der Waals surface area contributed by atoms with Gasteiger partial charge in [-0.2, -0.15) is 5.26 Å². The molecule has 1 atom stereocenters. The highest BCUT2D eigenvalue weighted by Crippen LogP contribution is 2.41. The van der Waals surface area contributed by atoms with Gasteiger partial charge in [0, 0.05) is 22.6 Å². The van der Waals surface area contributed by atoms with E-state index in [9.17, 15) is 14.9 Å². The maximum Gasteiger partial charge on any atom is 0.254 e. The lowest BCUT2D eigenvalue weighted by Crippen LogP contribution is -2.31. The van der Waals surface area contributed by atoms with Crippen LogP contribution in [0.15, 0.2) is 94.7 Å². The van der Waals surface area contributed by atoms with E-state index in [4.69, 9.17) is 4.74 Å². The van der Waals surface area contributed by atoms with Crippen LogP contribution in [-0.4, -0.2) is 24.2 Å². The fraction of sp³-hybridized carbons (Fsp3) is 0.219. The smallest absolute Gasteiger partial charge is 0.254 e. The standard InChI is InChI=1S/C32H32N4O3S/c1-5-39-25-15-13-23(14-16-25)30-26(18-33)32(40-19-28(37)36-27-17-20(2)11-12-21(27)3)34-22(4)29(30)31(38)35-24-9-7-6-8-10-24/h6-17,30,34H,5,19H2,1-4H3,(H,35,38)(H,36,37)/t30-/m1/s1. The number of thioether (sulfide) groups is 1. The number of nitriles is 1. The Labute approximate surface area is 239 Å². The number of benzene rings is 3. The van der Waals surface area contributed by atoms with E-state index < -0.39 is 5.92 Å². The van der Waals surface area contributed by atoms with Crippen LogP contribution in [0.5, 0.6) is 5.75 Å². The van der Waals surface area contributed by atoms with Gasteiger partial charge in [-0.15, -0.1) is 0 Å². The van der Waals surface area contributed by atoms with Crippen molar-refractivity contribution in [3.63, 3.8) is 0 Å². The van der Waals surface area contributed by atoms with Crippen molar-refractivity contribution in [1.82, 2.24) is 5.32 Å². The third-order valence-corrected chi connectivity index (χ3v) is 7.48. The molecule has 0 bridgehead atoms. The van der Waals surface area contributed by atoms with Gasteiger partial charge in [-0.05, 0) is 74.7 Å². The number of nitrogens with zero attached hydrogens (tertiary/aromatic N) is 1. The van der Waals surface area contributed by atoms with Crippen molar-refractivity contribution in [2.75, 3.05) is 23.0 Å². The highest BCUT2D eigenvalue weighted by molar-refractivity contribution is 8.03. The zero-order valence-corrected chi connectivity index (χ0v) is 23.8. The number of allylic oxidation sites excluding steroid dienone is 2. The second-order valence-corrected chi connectivity index (χ2v) is 10.4. The molecular formula is C32H32N4O3S. The average Bonchev–Trinajstić information content (AvgIpc) is 2.94. The molecule has 0 spiro atoms. The van der Waals surface area contributed by atoms with Gasteiger partial charge in [0.2, 0.25) is 5.91 Å². The largest absolute Gasteiger partial charge is 0.494 e. The van der Waals surface area contributed by atoms with Crippen LogP contribution in [0.3, 0.4) is 0 Å². The topological polar surface area (TPSA) is 103 Å². The van der Waals surface area contributed by atoms with Gasteiger partial charge in [-0.25, -0.2) is 0 Å². The van der Waals surface area contributed by atoms with Crippen LogP contribution >= 0.6 is 11.8 Å². The number of rotatable bonds is 9. The number of amides is 2. The van der Waals surface area contributed by atoms with Crippen molar-refractivity contribution >= 4 is 35.0 Å².